The topological polar surface area (TPSA) is 87.4 Å². The van der Waals surface area contributed by atoms with E-state index in [-0.39, 0.29) is 17.8 Å². The van der Waals surface area contributed by atoms with Crippen LogP contribution in [0, 0.1) is 5.92 Å². The van der Waals surface area contributed by atoms with Gasteiger partial charge in [-0.1, -0.05) is 26.0 Å². The fraction of sp³-hybridized carbons (Fsp3) is 0.550. The molecule has 1 spiro atoms. The number of alkyl carbamates (subject to hydrolysis) is 1. The van der Waals surface area contributed by atoms with E-state index < -0.39 is 0 Å². The molecule has 0 unspecified atom stereocenters. The van der Waals surface area contributed by atoms with E-state index in [0.717, 1.165) is 35.5 Å². The number of ether oxygens (including phenoxy) is 3. The molecule has 28 heavy (non-hydrogen) atoms. The van der Waals surface area contributed by atoms with Crippen molar-refractivity contribution in [2.45, 2.75) is 44.9 Å². The molecule has 1 fully saturated rings. The second kappa shape index (κ2) is 7.52. The molecule has 152 valence electrons. The van der Waals surface area contributed by atoms with Gasteiger partial charge in [-0.15, -0.1) is 5.53 Å². The van der Waals surface area contributed by atoms with Gasteiger partial charge >= 0.3 is 6.09 Å². The molecule has 1 aliphatic carbocycles. The Morgan fingerprint density at radius 2 is 2.14 bits per heavy atom. The first-order valence-electron chi connectivity index (χ1n) is 9.76. The summed E-state index contributed by atoms with van der Waals surface area (Å²) in [5.41, 5.74) is 9.21. The number of carbonyl (C=O) groups is 1. The summed E-state index contributed by atoms with van der Waals surface area (Å²) in [6.45, 7) is 6.05. The van der Waals surface area contributed by atoms with Gasteiger partial charge in [0, 0.05) is 6.54 Å². The van der Waals surface area contributed by atoms with Crippen molar-refractivity contribution in [1.29, 1.82) is 0 Å². The number of rotatable bonds is 6. The Balaban J connectivity index is 1.48. The molecule has 0 saturated carbocycles. The van der Waals surface area contributed by atoms with E-state index in [1.807, 2.05) is 29.3 Å². The predicted molar refractivity (Wildman–Crippen MR) is 103 cm³/mol. The molecule has 1 saturated heterocycles. The van der Waals surface area contributed by atoms with E-state index >= 15 is 0 Å². The van der Waals surface area contributed by atoms with E-state index in [1.165, 1.54) is 0 Å². The van der Waals surface area contributed by atoms with Crippen LogP contribution in [-0.2, 0) is 16.0 Å². The van der Waals surface area contributed by atoms with Gasteiger partial charge in [0.2, 0.25) is 0 Å². The van der Waals surface area contributed by atoms with Crippen LogP contribution >= 0.6 is 0 Å². The Labute approximate surface area is 165 Å². The Morgan fingerprint density at radius 3 is 2.79 bits per heavy atom. The molecule has 0 bridgehead atoms. The van der Waals surface area contributed by atoms with Gasteiger partial charge in [0.25, 0.3) is 0 Å². The van der Waals surface area contributed by atoms with Gasteiger partial charge in [-0.05, 0) is 36.5 Å². The van der Waals surface area contributed by atoms with Crippen molar-refractivity contribution in [1.82, 2.24) is 21.3 Å². The summed E-state index contributed by atoms with van der Waals surface area (Å²) in [7, 11) is 1.66. The standard InChI is InChI=1S/C20H28N4O4/c1-13(2)10-21-19(25)28-16-8-9-20(12-27-20)18-17(16)22-23-24(18)11-14-4-6-15(26-3)7-5-14/h4-7,13,16,22-23H,8-12H2,1-3H3,(H,21,25)/t16-,20+/m1/s1. The number of amides is 1. The summed E-state index contributed by atoms with van der Waals surface area (Å²) in [5, 5.41) is 4.87. The lowest BCUT2D eigenvalue weighted by molar-refractivity contribution is 0.0931. The maximum Gasteiger partial charge on any atom is 0.407 e. The summed E-state index contributed by atoms with van der Waals surface area (Å²) in [5.74, 6) is 1.21. The van der Waals surface area contributed by atoms with Crippen LogP contribution in [0.25, 0.3) is 0 Å². The van der Waals surface area contributed by atoms with Crippen molar-refractivity contribution < 1.29 is 19.0 Å². The second-order valence-corrected chi connectivity index (χ2v) is 7.92. The Morgan fingerprint density at radius 1 is 1.39 bits per heavy atom. The minimum absolute atomic E-state index is 0.271. The quantitative estimate of drug-likeness (QED) is 0.643. The molecule has 0 radical (unpaired) electrons. The molecule has 2 aliphatic heterocycles. The monoisotopic (exact) mass is 388 g/mol. The number of nitrogens with zero attached hydrogens (tertiary/aromatic N) is 1. The summed E-state index contributed by atoms with van der Waals surface area (Å²) in [6.07, 6.45) is 0.870. The van der Waals surface area contributed by atoms with Gasteiger partial charge in [-0.3, -0.25) is 5.01 Å². The molecular weight excluding hydrogens is 360 g/mol. The van der Waals surface area contributed by atoms with Crippen LogP contribution in [0.15, 0.2) is 35.7 Å². The van der Waals surface area contributed by atoms with Gasteiger partial charge in [0.15, 0.2) is 0 Å². The highest BCUT2D eigenvalue weighted by molar-refractivity contribution is 5.67. The van der Waals surface area contributed by atoms with Gasteiger partial charge in [0.05, 0.1) is 31.7 Å². The summed E-state index contributed by atoms with van der Waals surface area (Å²) < 4.78 is 16.8. The first-order chi connectivity index (χ1) is 13.5. The van der Waals surface area contributed by atoms with E-state index in [2.05, 4.69) is 30.1 Å². The molecule has 0 aromatic heterocycles. The van der Waals surface area contributed by atoms with Crippen molar-refractivity contribution in [2.75, 3.05) is 20.3 Å². The number of epoxide rings is 1. The van der Waals surface area contributed by atoms with Crippen molar-refractivity contribution in [3.63, 3.8) is 0 Å². The lowest BCUT2D eigenvalue weighted by Crippen LogP contribution is -2.40. The van der Waals surface area contributed by atoms with Crippen LogP contribution in [0.1, 0.15) is 32.3 Å². The van der Waals surface area contributed by atoms with Crippen LogP contribution in [0.3, 0.4) is 0 Å². The smallest absolute Gasteiger partial charge is 0.407 e. The molecular formula is C20H28N4O4. The molecule has 4 rings (SSSR count). The van der Waals surface area contributed by atoms with E-state index in [9.17, 15) is 4.79 Å². The third-order valence-corrected chi connectivity index (χ3v) is 5.31. The summed E-state index contributed by atoms with van der Waals surface area (Å²) in [6, 6.07) is 7.97. The van der Waals surface area contributed by atoms with Crippen molar-refractivity contribution in [2.24, 2.45) is 5.92 Å². The minimum atomic E-state index is -0.381. The average molecular weight is 388 g/mol. The highest BCUT2D eigenvalue weighted by atomic mass is 16.6. The molecule has 2 heterocycles. The number of hydrogen-bond acceptors (Lipinski definition) is 7. The maximum atomic E-state index is 12.2. The third-order valence-electron chi connectivity index (χ3n) is 5.31. The van der Waals surface area contributed by atoms with Gasteiger partial charge in [0.1, 0.15) is 17.5 Å². The third kappa shape index (κ3) is 3.74. The molecule has 1 aromatic carbocycles. The van der Waals surface area contributed by atoms with Crippen LogP contribution in [0.2, 0.25) is 0 Å². The van der Waals surface area contributed by atoms with Crippen LogP contribution < -0.4 is 21.0 Å². The van der Waals surface area contributed by atoms with Gasteiger partial charge < -0.3 is 25.0 Å². The fourth-order valence-electron chi connectivity index (χ4n) is 3.72. The predicted octanol–water partition coefficient (Wildman–Crippen LogP) is 2.05. The average Bonchev–Trinajstić information content (AvgIpc) is 3.33. The van der Waals surface area contributed by atoms with Crippen molar-refractivity contribution >= 4 is 6.09 Å². The first kappa shape index (κ1) is 18.9. The fourth-order valence-corrected chi connectivity index (χ4v) is 3.72. The van der Waals surface area contributed by atoms with E-state index in [0.29, 0.717) is 25.6 Å². The zero-order valence-corrected chi connectivity index (χ0v) is 16.6. The molecule has 1 aromatic rings. The number of nitrogens with one attached hydrogen (secondary N) is 3. The number of carbonyl (C=O) groups excluding carboxylic acids is 1. The second-order valence-electron chi connectivity index (χ2n) is 7.92. The normalized spacial score (nSPS) is 25.6. The minimum Gasteiger partial charge on any atom is -0.497 e. The van der Waals surface area contributed by atoms with E-state index in [4.69, 9.17) is 14.2 Å². The lowest BCUT2D eigenvalue weighted by atomic mass is 9.88. The highest BCUT2D eigenvalue weighted by Gasteiger charge is 2.57. The Kier molecular flexibility index (Phi) is 5.07. The molecule has 3 N–H and O–H groups in total. The molecule has 1 amide bonds. The zero-order chi connectivity index (χ0) is 19.7. The van der Waals surface area contributed by atoms with Gasteiger partial charge in [-0.25, -0.2) is 4.79 Å². The number of fused-ring (bicyclic) bond motifs is 1. The summed E-state index contributed by atoms with van der Waals surface area (Å²) >= 11 is 0. The summed E-state index contributed by atoms with van der Waals surface area (Å²) in [4.78, 5) is 12.2. The Hall–Kier alpha value is -2.45. The molecule has 8 nitrogen and oxygen atoms in total. The largest absolute Gasteiger partial charge is 0.497 e. The van der Waals surface area contributed by atoms with Crippen molar-refractivity contribution in [3.05, 3.63) is 41.2 Å². The zero-order valence-electron chi connectivity index (χ0n) is 16.6. The van der Waals surface area contributed by atoms with E-state index in [1.54, 1.807) is 7.11 Å². The highest BCUT2D eigenvalue weighted by Crippen LogP contribution is 2.48. The maximum absolute atomic E-state index is 12.2. The van der Waals surface area contributed by atoms with Crippen LogP contribution in [-0.4, -0.2) is 43.1 Å². The number of hydrazine groups is 2. The number of hydrogen-bond donors (Lipinski definition) is 3. The van der Waals surface area contributed by atoms with Crippen molar-refractivity contribution in [3.8, 4) is 5.75 Å². The molecule has 2 atom stereocenters. The SMILES string of the molecule is COc1ccc(CN2NNC3=C2[C@]2(CC[C@H]3OC(=O)NCC(C)C)CO2)cc1. The first-order valence-corrected chi connectivity index (χ1v) is 9.76. The lowest BCUT2D eigenvalue weighted by Gasteiger charge is -2.30. The van der Waals surface area contributed by atoms with Crippen LogP contribution in [0.4, 0.5) is 4.79 Å². The molecule has 8 heteroatoms. The number of methoxy groups -OCH3 is 1. The Bertz CT molecular complexity index is 758. The number of benzene rings is 1. The van der Waals surface area contributed by atoms with Crippen LogP contribution in [0.5, 0.6) is 5.75 Å². The molecule has 3 aliphatic rings. The van der Waals surface area contributed by atoms with Gasteiger partial charge in [-0.2, -0.15) is 0 Å².